The maximum absolute atomic E-state index is 12.9. The predicted octanol–water partition coefficient (Wildman–Crippen LogP) is 4.08. The molecule has 0 saturated heterocycles. The monoisotopic (exact) mass is 427 g/mol. The maximum Gasteiger partial charge on any atom is 0.259 e. The quantitative estimate of drug-likeness (QED) is 0.471. The molecule has 0 radical (unpaired) electrons. The van der Waals surface area contributed by atoms with Crippen LogP contribution < -0.4 is 5.32 Å². The first-order valence-electron chi connectivity index (χ1n) is 10.7. The van der Waals surface area contributed by atoms with Gasteiger partial charge in [0.1, 0.15) is 5.75 Å². The zero-order valence-electron chi connectivity index (χ0n) is 18.4. The molecule has 5 rings (SSSR count). The molecule has 0 fully saturated rings. The van der Waals surface area contributed by atoms with Gasteiger partial charge in [0.05, 0.1) is 16.6 Å². The molecule has 0 spiro atoms. The van der Waals surface area contributed by atoms with Gasteiger partial charge in [0, 0.05) is 23.3 Å². The highest BCUT2D eigenvalue weighted by molar-refractivity contribution is 6.32. The van der Waals surface area contributed by atoms with Gasteiger partial charge in [0.2, 0.25) is 0 Å². The van der Waals surface area contributed by atoms with Gasteiger partial charge < -0.3 is 14.6 Å². The molecule has 1 aromatic heterocycles. The number of nitrogens with zero attached hydrogens (tertiary/aromatic N) is 2. The fraction of sp³-hybridized carbons (Fsp3) is 0.231. The van der Waals surface area contributed by atoms with E-state index in [9.17, 15) is 14.7 Å². The molecule has 3 aromatic carbocycles. The Bertz CT molecular complexity index is 1400. The molecule has 4 aromatic rings. The van der Waals surface area contributed by atoms with Gasteiger partial charge in [-0.1, -0.05) is 30.3 Å². The van der Waals surface area contributed by atoms with Gasteiger partial charge in [-0.3, -0.25) is 14.9 Å². The Morgan fingerprint density at radius 3 is 2.41 bits per heavy atom. The molecule has 2 heterocycles. The number of nitrogens with one attached hydrogen (secondary N) is 1. The Balaban J connectivity index is 1.79. The average molecular weight is 428 g/mol. The lowest BCUT2D eigenvalue weighted by Crippen LogP contribution is -2.20. The number of carbonyl (C=O) groups excluding carboxylic acids is 2. The summed E-state index contributed by atoms with van der Waals surface area (Å²) in [6.45, 7) is 0.933. The number of hydrogen-bond acceptors (Lipinski definition) is 4. The molecule has 2 N–H and O–H groups in total. The summed E-state index contributed by atoms with van der Waals surface area (Å²) in [4.78, 5) is 27.8. The number of phenolic OH excluding ortho intramolecular Hbond substituents is 1. The van der Waals surface area contributed by atoms with Crippen molar-refractivity contribution in [2.75, 3.05) is 20.6 Å². The molecule has 6 heteroatoms. The standard InChI is InChI=1S/C26H25N3O3/c1-28(2)11-7-10-16-12-19-18(14-21(16)30)22-20(29(19)3)13-17(15-8-5-4-6-9-15)23-24(22)26(32)27-25(23)31/h4-6,8-9,12-14,30H,7,10-11H2,1-3H3,(H,27,31,32). The predicted molar refractivity (Wildman–Crippen MR) is 126 cm³/mol. The van der Waals surface area contributed by atoms with Crippen LogP contribution in [-0.2, 0) is 13.5 Å². The summed E-state index contributed by atoms with van der Waals surface area (Å²) in [6.07, 6.45) is 1.69. The summed E-state index contributed by atoms with van der Waals surface area (Å²) in [6, 6.07) is 15.4. The molecule has 0 saturated carbocycles. The van der Waals surface area contributed by atoms with Crippen LogP contribution in [0.2, 0.25) is 0 Å². The van der Waals surface area contributed by atoms with Crippen LogP contribution in [0.1, 0.15) is 32.7 Å². The Labute approximate surface area is 186 Å². The molecule has 32 heavy (non-hydrogen) atoms. The molecule has 0 aliphatic carbocycles. The van der Waals surface area contributed by atoms with Gasteiger partial charge in [0.15, 0.2) is 0 Å². The molecule has 6 nitrogen and oxygen atoms in total. The molecule has 0 unspecified atom stereocenters. The van der Waals surface area contributed by atoms with E-state index < -0.39 is 5.91 Å². The first-order valence-corrected chi connectivity index (χ1v) is 10.7. The second-order valence-corrected chi connectivity index (χ2v) is 8.68. The van der Waals surface area contributed by atoms with Gasteiger partial charge in [0.25, 0.3) is 11.8 Å². The third-order valence-electron chi connectivity index (χ3n) is 6.31. The fourth-order valence-electron chi connectivity index (χ4n) is 4.76. The summed E-state index contributed by atoms with van der Waals surface area (Å²) in [7, 11) is 6.02. The minimum absolute atomic E-state index is 0.217. The second kappa shape index (κ2) is 7.50. The smallest absolute Gasteiger partial charge is 0.259 e. The maximum atomic E-state index is 12.9. The third-order valence-corrected chi connectivity index (χ3v) is 6.31. The number of rotatable bonds is 5. The highest BCUT2D eigenvalue weighted by Crippen LogP contribution is 2.41. The number of phenols is 1. The summed E-state index contributed by atoms with van der Waals surface area (Å²) in [5.74, 6) is -0.559. The van der Waals surface area contributed by atoms with Gasteiger partial charge in [-0.25, -0.2) is 0 Å². The Morgan fingerprint density at radius 1 is 0.969 bits per heavy atom. The second-order valence-electron chi connectivity index (χ2n) is 8.68. The number of aromatic hydroxyl groups is 1. The van der Waals surface area contributed by atoms with Crippen LogP contribution in [0.4, 0.5) is 0 Å². The zero-order chi connectivity index (χ0) is 22.6. The van der Waals surface area contributed by atoms with Crippen molar-refractivity contribution in [3.05, 3.63) is 65.2 Å². The Hall–Kier alpha value is -3.64. The molecular weight excluding hydrogens is 402 g/mol. The minimum Gasteiger partial charge on any atom is -0.508 e. The van der Waals surface area contributed by atoms with Crippen LogP contribution >= 0.6 is 0 Å². The van der Waals surface area contributed by atoms with Crippen molar-refractivity contribution in [1.29, 1.82) is 0 Å². The van der Waals surface area contributed by atoms with Crippen molar-refractivity contribution in [2.45, 2.75) is 12.8 Å². The van der Waals surface area contributed by atoms with Crippen molar-refractivity contribution in [3.63, 3.8) is 0 Å². The number of imide groups is 1. The minimum atomic E-state index is -0.394. The van der Waals surface area contributed by atoms with E-state index in [1.807, 2.05) is 68.2 Å². The van der Waals surface area contributed by atoms with Crippen LogP contribution in [0.3, 0.4) is 0 Å². The van der Waals surface area contributed by atoms with E-state index in [-0.39, 0.29) is 11.7 Å². The fourth-order valence-corrected chi connectivity index (χ4v) is 4.76. The van der Waals surface area contributed by atoms with E-state index in [0.717, 1.165) is 52.5 Å². The van der Waals surface area contributed by atoms with E-state index in [2.05, 4.69) is 10.2 Å². The summed E-state index contributed by atoms with van der Waals surface area (Å²) >= 11 is 0. The van der Waals surface area contributed by atoms with Crippen molar-refractivity contribution in [3.8, 4) is 16.9 Å². The number of carbonyl (C=O) groups is 2. The zero-order valence-corrected chi connectivity index (χ0v) is 18.4. The summed E-state index contributed by atoms with van der Waals surface area (Å²) < 4.78 is 2.04. The normalized spacial score (nSPS) is 13.4. The summed E-state index contributed by atoms with van der Waals surface area (Å²) in [5, 5.41) is 14.7. The topological polar surface area (TPSA) is 74.6 Å². The first-order chi connectivity index (χ1) is 15.4. The summed E-state index contributed by atoms with van der Waals surface area (Å²) in [5.41, 5.74) is 5.06. The first kappa shape index (κ1) is 20.3. The van der Waals surface area contributed by atoms with Crippen LogP contribution in [0.15, 0.2) is 48.5 Å². The Kier molecular flexibility index (Phi) is 4.75. The molecule has 2 amide bonds. The largest absolute Gasteiger partial charge is 0.508 e. The van der Waals surface area contributed by atoms with Gasteiger partial charge >= 0.3 is 0 Å². The van der Waals surface area contributed by atoms with Gasteiger partial charge in [-0.2, -0.15) is 0 Å². The van der Waals surface area contributed by atoms with E-state index in [1.54, 1.807) is 6.07 Å². The van der Waals surface area contributed by atoms with Crippen molar-refractivity contribution in [2.24, 2.45) is 7.05 Å². The van der Waals surface area contributed by atoms with Crippen molar-refractivity contribution >= 4 is 33.6 Å². The Morgan fingerprint density at radius 2 is 1.69 bits per heavy atom. The molecule has 162 valence electrons. The molecule has 0 atom stereocenters. The average Bonchev–Trinajstić information content (AvgIpc) is 3.21. The van der Waals surface area contributed by atoms with E-state index in [0.29, 0.717) is 16.5 Å². The number of hydrogen-bond donors (Lipinski definition) is 2. The number of aromatic nitrogens is 1. The lowest BCUT2D eigenvalue weighted by atomic mass is 9.92. The molecule has 0 bridgehead atoms. The number of benzene rings is 3. The van der Waals surface area contributed by atoms with Crippen LogP contribution in [0.5, 0.6) is 5.75 Å². The highest BCUT2D eigenvalue weighted by Gasteiger charge is 2.34. The van der Waals surface area contributed by atoms with E-state index >= 15 is 0 Å². The van der Waals surface area contributed by atoms with Crippen molar-refractivity contribution < 1.29 is 14.7 Å². The van der Waals surface area contributed by atoms with E-state index in [4.69, 9.17) is 0 Å². The molecule has 1 aliphatic heterocycles. The number of fused-ring (bicyclic) bond motifs is 5. The molecular formula is C26H25N3O3. The van der Waals surface area contributed by atoms with Gasteiger partial charge in [-0.15, -0.1) is 0 Å². The van der Waals surface area contributed by atoms with E-state index in [1.165, 1.54) is 0 Å². The van der Waals surface area contributed by atoms with Crippen LogP contribution in [0.25, 0.3) is 32.9 Å². The number of aryl methyl sites for hydroxylation is 2. The van der Waals surface area contributed by atoms with Crippen LogP contribution in [-0.4, -0.2) is 47.0 Å². The van der Waals surface area contributed by atoms with Crippen LogP contribution in [0, 0.1) is 0 Å². The number of amides is 2. The third kappa shape index (κ3) is 3.07. The molecule has 1 aliphatic rings. The lowest BCUT2D eigenvalue weighted by Gasteiger charge is -2.10. The highest BCUT2D eigenvalue weighted by atomic mass is 16.3. The van der Waals surface area contributed by atoms with Crippen molar-refractivity contribution in [1.82, 2.24) is 14.8 Å². The van der Waals surface area contributed by atoms with Gasteiger partial charge in [-0.05, 0) is 68.4 Å². The SMILES string of the molecule is CN(C)CCCc1cc2c(cc1O)c1c3c(c(-c4ccccc4)cc1n2C)C(=O)NC3=O. The lowest BCUT2D eigenvalue weighted by molar-refractivity contribution is 0.0880.